The number of para-hydroxylation sites is 4. The Morgan fingerprint density at radius 3 is 1.86 bits per heavy atom. The smallest absolute Gasteiger partial charge is 0.269 e. The molecule has 11 heteroatoms. The van der Waals surface area contributed by atoms with Crippen LogP contribution < -0.4 is 35.4 Å². The molecule has 0 saturated heterocycles. The molecule has 230 valence electrons. The van der Waals surface area contributed by atoms with Crippen LogP contribution in [0.4, 0.5) is 17.1 Å². The molecule has 2 heterocycles. The Hall–Kier alpha value is -4.44. The Labute approximate surface area is 269 Å². The zero-order valence-corrected chi connectivity index (χ0v) is 26.7. The number of hydrogen-bond donors (Lipinski definition) is 1. The van der Waals surface area contributed by atoms with Crippen LogP contribution in [0.15, 0.2) is 97.6 Å². The maximum atomic E-state index is 11.0. The number of nitro groups is 1. The monoisotopic (exact) mass is 632 g/mol. The van der Waals surface area contributed by atoms with Crippen molar-refractivity contribution in [1.82, 2.24) is 19.1 Å². The summed E-state index contributed by atoms with van der Waals surface area (Å²) < 4.78 is 4.21. The van der Waals surface area contributed by atoms with Gasteiger partial charge in [-0.25, -0.2) is 9.97 Å². The van der Waals surface area contributed by atoms with Gasteiger partial charge in [0.2, 0.25) is 0 Å². The van der Waals surface area contributed by atoms with E-state index in [1.165, 1.54) is 22.7 Å². The summed E-state index contributed by atoms with van der Waals surface area (Å²) in [6.45, 7) is 5.84. The van der Waals surface area contributed by atoms with E-state index in [2.05, 4.69) is 64.4 Å². The average Bonchev–Trinajstić information content (AvgIpc) is 3.57. The van der Waals surface area contributed by atoms with Gasteiger partial charge in [0.1, 0.15) is 5.69 Å². The number of imidazole rings is 2. The average molecular weight is 634 g/mol. The third-order valence-corrected chi connectivity index (χ3v) is 7.32. The summed E-state index contributed by atoms with van der Waals surface area (Å²) in [5, 5.41) is 11.0. The summed E-state index contributed by atoms with van der Waals surface area (Å²) in [7, 11) is 3.85. The molecule has 6 aromatic rings. The zero-order chi connectivity index (χ0) is 29.8. The molecule has 0 fully saturated rings. The second kappa shape index (κ2) is 14.8. The van der Waals surface area contributed by atoms with Gasteiger partial charge in [0, 0.05) is 50.1 Å². The van der Waals surface area contributed by atoms with E-state index in [0.717, 1.165) is 40.0 Å². The van der Waals surface area contributed by atoms with Gasteiger partial charge in [0.05, 0.1) is 46.2 Å². The van der Waals surface area contributed by atoms with E-state index < -0.39 is 0 Å². The van der Waals surface area contributed by atoms with E-state index in [0.29, 0.717) is 12.5 Å². The van der Waals surface area contributed by atoms with E-state index in [1.807, 2.05) is 66.3 Å². The minimum absolute atomic E-state index is 0. The molecule has 44 heavy (non-hydrogen) atoms. The minimum atomic E-state index is -0.366. The third kappa shape index (κ3) is 7.55. The van der Waals surface area contributed by atoms with Gasteiger partial charge < -0.3 is 44.6 Å². The van der Waals surface area contributed by atoms with Gasteiger partial charge in [-0.05, 0) is 53.4 Å². The van der Waals surface area contributed by atoms with Crippen LogP contribution in [0, 0.1) is 10.1 Å². The van der Waals surface area contributed by atoms with E-state index >= 15 is 0 Å². The first-order valence-corrected chi connectivity index (χ1v) is 13.9. The molecular formula is C33H36Cl2N7O2-. The van der Waals surface area contributed by atoms with Gasteiger partial charge >= 0.3 is 0 Å². The van der Waals surface area contributed by atoms with Gasteiger partial charge in [-0.15, -0.1) is 0 Å². The third-order valence-electron chi connectivity index (χ3n) is 7.32. The lowest BCUT2D eigenvalue weighted by Gasteiger charge is -2.17. The summed E-state index contributed by atoms with van der Waals surface area (Å²) in [4.78, 5) is 21.4. The normalized spacial score (nSPS) is 10.6. The topological polar surface area (TPSA) is 110 Å². The van der Waals surface area contributed by atoms with E-state index in [4.69, 9.17) is 0 Å². The molecule has 0 aliphatic rings. The predicted octanol–water partition coefficient (Wildman–Crippen LogP) is 0.148. The molecule has 6 rings (SSSR count). The summed E-state index contributed by atoms with van der Waals surface area (Å²) in [5.41, 5.74) is 13.9. The van der Waals surface area contributed by atoms with Crippen molar-refractivity contribution >= 4 is 39.1 Å². The highest BCUT2D eigenvalue weighted by molar-refractivity contribution is 5.76. The summed E-state index contributed by atoms with van der Waals surface area (Å²) in [5.74, 6) is 0.514. The molecule has 2 aromatic heterocycles. The quantitative estimate of drug-likeness (QED) is 0.199. The van der Waals surface area contributed by atoms with Crippen LogP contribution >= 0.6 is 0 Å². The number of fused-ring (bicyclic) bond motifs is 2. The molecule has 0 aliphatic carbocycles. The Bertz CT molecular complexity index is 1860. The fraction of sp³-hybridized carbons (Fsp3) is 0.212. The number of aromatic nitrogens is 4. The lowest BCUT2D eigenvalue weighted by molar-refractivity contribution is -0.384. The molecule has 9 nitrogen and oxygen atoms in total. The molecule has 0 amide bonds. The van der Waals surface area contributed by atoms with Crippen LogP contribution in [0.5, 0.6) is 0 Å². The SMILES string of the molecule is CC(C)c1ccc([NH3+])cc1Cn1cnc2ccccc21.CN(C)c1ccc([N+](=O)[O-])cc1Cn1cnc2ccccc21.[Cl-].[Cl-]. The number of rotatable bonds is 7. The molecule has 3 N–H and O–H groups in total. The van der Waals surface area contributed by atoms with Crippen molar-refractivity contribution in [2.45, 2.75) is 32.9 Å². The second-order valence-corrected chi connectivity index (χ2v) is 10.9. The molecule has 0 atom stereocenters. The van der Waals surface area contributed by atoms with E-state index in [-0.39, 0.29) is 35.4 Å². The van der Waals surface area contributed by atoms with Crippen LogP contribution in [-0.2, 0) is 13.1 Å². The van der Waals surface area contributed by atoms with Gasteiger partial charge in [0.15, 0.2) is 0 Å². The van der Waals surface area contributed by atoms with E-state index in [1.54, 1.807) is 18.5 Å². The molecule has 0 unspecified atom stereocenters. The fourth-order valence-corrected chi connectivity index (χ4v) is 5.25. The lowest BCUT2D eigenvalue weighted by Crippen LogP contribution is -3.00. The highest BCUT2D eigenvalue weighted by Gasteiger charge is 2.14. The van der Waals surface area contributed by atoms with Crippen LogP contribution in [0.25, 0.3) is 22.1 Å². The Kier molecular flexibility index (Phi) is 11.5. The molecule has 0 radical (unpaired) electrons. The number of halogens is 2. The molecule has 4 aromatic carbocycles. The fourth-order valence-electron chi connectivity index (χ4n) is 5.25. The van der Waals surface area contributed by atoms with Crippen molar-refractivity contribution in [2.75, 3.05) is 19.0 Å². The van der Waals surface area contributed by atoms with Crippen LogP contribution in [0.1, 0.15) is 36.5 Å². The van der Waals surface area contributed by atoms with Crippen molar-refractivity contribution in [3.05, 3.63) is 124 Å². The van der Waals surface area contributed by atoms with Crippen molar-refractivity contribution in [1.29, 1.82) is 0 Å². The summed E-state index contributed by atoms with van der Waals surface area (Å²) in [6, 6.07) is 27.5. The number of nitro benzene ring substituents is 1. The van der Waals surface area contributed by atoms with Gasteiger partial charge in [-0.3, -0.25) is 10.1 Å². The maximum Gasteiger partial charge on any atom is 0.269 e. The molecule has 0 saturated carbocycles. The Morgan fingerprint density at radius 2 is 1.34 bits per heavy atom. The predicted molar refractivity (Wildman–Crippen MR) is 168 cm³/mol. The minimum Gasteiger partial charge on any atom is -1.00 e. The number of nitrogens with zero attached hydrogens (tertiary/aromatic N) is 6. The maximum absolute atomic E-state index is 11.0. The Morgan fingerprint density at radius 1 is 0.795 bits per heavy atom. The molecule has 0 spiro atoms. The summed E-state index contributed by atoms with van der Waals surface area (Å²) >= 11 is 0. The van der Waals surface area contributed by atoms with Crippen LogP contribution in [-0.4, -0.2) is 38.1 Å². The van der Waals surface area contributed by atoms with Gasteiger partial charge in [-0.1, -0.05) is 44.2 Å². The van der Waals surface area contributed by atoms with Gasteiger partial charge in [-0.2, -0.15) is 0 Å². The van der Waals surface area contributed by atoms with Crippen LogP contribution in [0.2, 0.25) is 0 Å². The lowest BCUT2D eigenvalue weighted by atomic mass is 9.96. The second-order valence-electron chi connectivity index (χ2n) is 10.9. The molecule has 0 bridgehead atoms. The van der Waals surface area contributed by atoms with Crippen molar-refractivity contribution in [3.8, 4) is 0 Å². The number of quaternary nitrogens is 1. The zero-order valence-electron chi connectivity index (χ0n) is 25.2. The van der Waals surface area contributed by atoms with Crippen molar-refractivity contribution in [2.24, 2.45) is 0 Å². The first-order valence-electron chi connectivity index (χ1n) is 13.9. The number of anilines is 1. The highest BCUT2D eigenvalue weighted by atomic mass is 35.5. The summed E-state index contributed by atoms with van der Waals surface area (Å²) in [6.07, 6.45) is 3.69. The first kappa shape index (κ1) is 34.1. The number of hydrogen-bond acceptors (Lipinski definition) is 5. The number of non-ortho nitro benzene ring substituents is 1. The first-order chi connectivity index (χ1) is 20.2. The Balaban J connectivity index is 0.000000231. The standard InChI is InChI=1S/C17H19N3.C16H16N4O2.2ClH/c1-12(2)15-8-7-14(18)9-13(15)10-20-11-19-16-5-3-4-6-17(16)20;1-18(2)15-8-7-13(20(21)22)9-12(15)10-19-11-17-14-5-3-4-6-16(14)19;;/h3-9,11-12H,10,18H2,1-2H3;3-9,11H,10H2,1-2H3;2*1H/p-1. The molecular weight excluding hydrogens is 597 g/mol. The largest absolute Gasteiger partial charge is 1.00 e. The number of benzene rings is 4. The van der Waals surface area contributed by atoms with Crippen molar-refractivity contribution in [3.63, 3.8) is 0 Å². The van der Waals surface area contributed by atoms with Crippen molar-refractivity contribution < 1.29 is 35.5 Å². The molecule has 0 aliphatic heterocycles. The van der Waals surface area contributed by atoms with E-state index in [9.17, 15) is 10.1 Å². The van der Waals surface area contributed by atoms with Gasteiger partial charge in [0.25, 0.3) is 5.69 Å². The van der Waals surface area contributed by atoms with Crippen LogP contribution in [0.3, 0.4) is 0 Å². The highest BCUT2D eigenvalue weighted by Crippen LogP contribution is 2.27.